The van der Waals surface area contributed by atoms with Gasteiger partial charge in [0.1, 0.15) is 5.65 Å². The van der Waals surface area contributed by atoms with Gasteiger partial charge in [0.05, 0.1) is 5.69 Å². The molecule has 0 aliphatic heterocycles. The van der Waals surface area contributed by atoms with Gasteiger partial charge in [0.25, 0.3) is 0 Å². The molecule has 3 heterocycles. The molecule has 130 valence electrons. The van der Waals surface area contributed by atoms with E-state index in [0.717, 1.165) is 34.4 Å². The minimum Gasteiger partial charge on any atom is -0.345 e. The lowest BCUT2D eigenvalue weighted by Gasteiger charge is -2.07. The Morgan fingerprint density at radius 1 is 1.00 bits per heavy atom. The monoisotopic (exact) mass is 343 g/mol. The van der Waals surface area contributed by atoms with Crippen molar-refractivity contribution >= 4 is 22.7 Å². The maximum Gasteiger partial charge on any atom is 0.227 e. The number of hydrogen-bond acceptors (Lipinski definition) is 4. The quantitative estimate of drug-likeness (QED) is 0.511. The summed E-state index contributed by atoms with van der Waals surface area (Å²) in [6.07, 6.45) is 9.04. The highest BCUT2D eigenvalue weighted by Crippen LogP contribution is 2.26. The molecule has 4 aromatic rings. The zero-order valence-corrected chi connectivity index (χ0v) is 14.7. The number of aromatic amines is 1. The van der Waals surface area contributed by atoms with Crippen molar-refractivity contribution in [1.82, 2.24) is 19.9 Å². The van der Waals surface area contributed by atoms with Gasteiger partial charge in [-0.3, -0.25) is 0 Å². The zero-order chi connectivity index (χ0) is 17.8. The lowest BCUT2D eigenvalue weighted by Crippen LogP contribution is -1.98. The standard InChI is InChI=1S/C21H21N5/c1-2-3-5-15-7-9-16(10-8-15)25-21-23-13-11-19(26-21)18-14-24-20-17(18)6-4-12-22-20/h4,6-14H,2-3,5H2,1H3,(H,22,24)(H,23,25,26). The molecule has 3 aromatic heterocycles. The molecule has 0 fully saturated rings. The highest BCUT2D eigenvalue weighted by atomic mass is 15.1. The van der Waals surface area contributed by atoms with E-state index in [-0.39, 0.29) is 0 Å². The van der Waals surface area contributed by atoms with Gasteiger partial charge in [0.15, 0.2) is 0 Å². The van der Waals surface area contributed by atoms with E-state index in [0.29, 0.717) is 5.95 Å². The van der Waals surface area contributed by atoms with Gasteiger partial charge in [-0.2, -0.15) is 0 Å². The molecule has 2 N–H and O–H groups in total. The van der Waals surface area contributed by atoms with E-state index in [1.807, 2.05) is 24.4 Å². The van der Waals surface area contributed by atoms with Crippen LogP contribution in [-0.4, -0.2) is 19.9 Å². The fourth-order valence-electron chi connectivity index (χ4n) is 3.00. The highest BCUT2D eigenvalue weighted by Gasteiger charge is 2.09. The Labute approximate surface area is 152 Å². The summed E-state index contributed by atoms with van der Waals surface area (Å²) in [5, 5.41) is 4.34. The first-order valence-electron chi connectivity index (χ1n) is 8.95. The summed E-state index contributed by atoms with van der Waals surface area (Å²) >= 11 is 0. The van der Waals surface area contributed by atoms with E-state index >= 15 is 0 Å². The van der Waals surface area contributed by atoms with Gasteiger partial charge >= 0.3 is 0 Å². The second-order valence-electron chi connectivity index (χ2n) is 6.29. The molecule has 0 radical (unpaired) electrons. The molecule has 5 nitrogen and oxygen atoms in total. The molecule has 0 aliphatic carbocycles. The first-order chi connectivity index (χ1) is 12.8. The van der Waals surface area contributed by atoms with Crippen LogP contribution in [0.25, 0.3) is 22.3 Å². The van der Waals surface area contributed by atoms with Gasteiger partial charge in [-0.15, -0.1) is 0 Å². The Bertz CT molecular complexity index is 1000. The summed E-state index contributed by atoms with van der Waals surface area (Å²) < 4.78 is 0. The number of pyridine rings is 1. The van der Waals surface area contributed by atoms with Gasteiger partial charge in [-0.05, 0) is 48.7 Å². The number of aromatic nitrogens is 4. The molecule has 4 rings (SSSR count). The largest absolute Gasteiger partial charge is 0.345 e. The molecule has 0 spiro atoms. The molecule has 0 saturated carbocycles. The summed E-state index contributed by atoms with van der Waals surface area (Å²) in [7, 11) is 0. The number of anilines is 2. The second-order valence-corrected chi connectivity index (χ2v) is 6.29. The molecule has 0 saturated heterocycles. The van der Waals surface area contributed by atoms with Gasteiger partial charge in [0.2, 0.25) is 5.95 Å². The van der Waals surface area contributed by atoms with Gasteiger partial charge in [0, 0.05) is 35.2 Å². The molecular formula is C21H21N5. The van der Waals surface area contributed by atoms with Crippen LogP contribution in [0.4, 0.5) is 11.6 Å². The highest BCUT2D eigenvalue weighted by molar-refractivity contribution is 5.92. The van der Waals surface area contributed by atoms with E-state index in [9.17, 15) is 0 Å². The van der Waals surface area contributed by atoms with Crippen molar-refractivity contribution in [3.63, 3.8) is 0 Å². The van der Waals surface area contributed by atoms with Crippen LogP contribution in [0.1, 0.15) is 25.3 Å². The molecular weight excluding hydrogens is 322 g/mol. The summed E-state index contributed by atoms with van der Waals surface area (Å²) in [4.78, 5) is 16.5. The van der Waals surface area contributed by atoms with Crippen molar-refractivity contribution < 1.29 is 0 Å². The second kappa shape index (κ2) is 7.35. The molecule has 0 amide bonds. The van der Waals surface area contributed by atoms with Crippen LogP contribution in [0.15, 0.2) is 61.1 Å². The van der Waals surface area contributed by atoms with E-state index in [1.165, 1.54) is 18.4 Å². The Kier molecular flexibility index (Phi) is 4.60. The molecule has 0 bridgehead atoms. The molecule has 1 aromatic carbocycles. The van der Waals surface area contributed by atoms with Crippen molar-refractivity contribution in [3.8, 4) is 11.3 Å². The molecule has 26 heavy (non-hydrogen) atoms. The van der Waals surface area contributed by atoms with Crippen molar-refractivity contribution in [3.05, 3.63) is 66.6 Å². The minimum atomic E-state index is 0.585. The fraction of sp³-hybridized carbons (Fsp3) is 0.190. The van der Waals surface area contributed by atoms with Crippen molar-refractivity contribution in [2.45, 2.75) is 26.2 Å². The maximum atomic E-state index is 4.66. The van der Waals surface area contributed by atoms with Crippen molar-refractivity contribution in [1.29, 1.82) is 0 Å². The average Bonchev–Trinajstić information content (AvgIpc) is 3.12. The zero-order valence-electron chi connectivity index (χ0n) is 14.7. The summed E-state index contributed by atoms with van der Waals surface area (Å²) in [5.41, 5.74) is 5.09. The molecule has 0 unspecified atom stereocenters. The Balaban J connectivity index is 1.56. The fourth-order valence-corrected chi connectivity index (χ4v) is 3.00. The van der Waals surface area contributed by atoms with Gasteiger partial charge in [-0.25, -0.2) is 15.0 Å². The van der Waals surface area contributed by atoms with Crippen LogP contribution < -0.4 is 5.32 Å². The van der Waals surface area contributed by atoms with Gasteiger partial charge in [-0.1, -0.05) is 25.5 Å². The average molecular weight is 343 g/mol. The number of fused-ring (bicyclic) bond motifs is 1. The van der Waals surface area contributed by atoms with Crippen LogP contribution in [0.2, 0.25) is 0 Å². The number of rotatable bonds is 6. The number of benzene rings is 1. The van der Waals surface area contributed by atoms with Crippen LogP contribution in [0.3, 0.4) is 0 Å². The summed E-state index contributed by atoms with van der Waals surface area (Å²) in [5.74, 6) is 0.585. The first-order valence-corrected chi connectivity index (χ1v) is 8.95. The number of H-pyrrole nitrogens is 1. The topological polar surface area (TPSA) is 66.5 Å². The maximum absolute atomic E-state index is 4.66. The normalized spacial score (nSPS) is 11.0. The molecule has 0 aliphatic rings. The number of nitrogens with one attached hydrogen (secondary N) is 2. The predicted octanol–water partition coefficient (Wildman–Crippen LogP) is 5.11. The third-order valence-corrected chi connectivity index (χ3v) is 4.41. The minimum absolute atomic E-state index is 0.585. The van der Waals surface area contributed by atoms with Crippen molar-refractivity contribution in [2.24, 2.45) is 0 Å². The van der Waals surface area contributed by atoms with E-state index in [2.05, 4.69) is 56.4 Å². The number of hydrogen-bond donors (Lipinski definition) is 2. The van der Waals surface area contributed by atoms with Crippen molar-refractivity contribution in [2.75, 3.05) is 5.32 Å². The van der Waals surface area contributed by atoms with E-state index < -0.39 is 0 Å². The number of nitrogens with zero attached hydrogens (tertiary/aromatic N) is 3. The Hall–Kier alpha value is -3.21. The van der Waals surface area contributed by atoms with Gasteiger partial charge < -0.3 is 10.3 Å². The molecule has 5 heteroatoms. The predicted molar refractivity (Wildman–Crippen MR) is 105 cm³/mol. The summed E-state index contributed by atoms with van der Waals surface area (Å²) in [6, 6.07) is 14.4. The third-order valence-electron chi connectivity index (χ3n) is 4.41. The van der Waals surface area contributed by atoms with E-state index in [1.54, 1.807) is 12.4 Å². The Morgan fingerprint density at radius 3 is 2.73 bits per heavy atom. The first kappa shape index (κ1) is 16.3. The SMILES string of the molecule is CCCCc1ccc(Nc2nccc(-c3c[nH]c4ncccc34)n2)cc1. The third kappa shape index (κ3) is 3.42. The number of aryl methyl sites for hydroxylation is 1. The smallest absolute Gasteiger partial charge is 0.227 e. The van der Waals surface area contributed by atoms with E-state index in [4.69, 9.17) is 0 Å². The van der Waals surface area contributed by atoms with Crippen LogP contribution >= 0.6 is 0 Å². The van der Waals surface area contributed by atoms with Crippen LogP contribution in [0.5, 0.6) is 0 Å². The summed E-state index contributed by atoms with van der Waals surface area (Å²) in [6.45, 7) is 2.21. The molecule has 0 atom stereocenters. The number of unbranched alkanes of at least 4 members (excludes halogenated alkanes) is 1. The van der Waals surface area contributed by atoms with Crippen LogP contribution in [-0.2, 0) is 6.42 Å². The lowest BCUT2D eigenvalue weighted by atomic mass is 10.1. The lowest BCUT2D eigenvalue weighted by molar-refractivity contribution is 0.795. The van der Waals surface area contributed by atoms with Crippen LogP contribution in [0, 0.1) is 0 Å². The Morgan fingerprint density at radius 2 is 1.88 bits per heavy atom.